The van der Waals surface area contributed by atoms with Gasteiger partial charge in [-0.1, -0.05) is 11.3 Å². The molecule has 1 heterocycles. The number of hydrogen-bond acceptors (Lipinski definition) is 7. The van der Waals surface area contributed by atoms with Crippen molar-refractivity contribution in [2.75, 3.05) is 0 Å². The molecule has 0 amide bonds. The van der Waals surface area contributed by atoms with Crippen LogP contribution in [0.3, 0.4) is 0 Å². The maximum absolute atomic E-state index is 12.1. The average Bonchev–Trinajstić information content (AvgIpc) is 2.89. The maximum Gasteiger partial charge on any atom is 0.273 e. The third kappa shape index (κ3) is 2.78. The Hall–Kier alpha value is -2.40. The number of hydrogen-bond donors (Lipinski definition) is 2. The molecule has 0 unspecified atom stereocenters. The Morgan fingerprint density at radius 1 is 1.45 bits per heavy atom. The lowest BCUT2D eigenvalue weighted by Gasteiger charge is -2.07. The molecule has 2 N–H and O–H groups in total. The number of sulfonamides is 1. The molecule has 0 bridgehead atoms. The van der Waals surface area contributed by atoms with Crippen LogP contribution in [0.15, 0.2) is 23.1 Å². The highest BCUT2D eigenvalue weighted by molar-refractivity contribution is 7.89. The second-order valence-corrected chi connectivity index (χ2v) is 5.55. The van der Waals surface area contributed by atoms with Crippen LogP contribution in [0.1, 0.15) is 11.4 Å². The number of aromatic nitrogens is 4. The molecule has 0 atom stereocenters. The van der Waals surface area contributed by atoms with Gasteiger partial charge in [0.25, 0.3) is 5.69 Å². The Morgan fingerprint density at radius 3 is 2.80 bits per heavy atom. The smallest absolute Gasteiger partial charge is 0.258 e. The van der Waals surface area contributed by atoms with Crippen LogP contribution in [-0.4, -0.2) is 34.0 Å². The second kappa shape index (κ2) is 5.30. The first-order chi connectivity index (χ1) is 9.42. The summed E-state index contributed by atoms with van der Waals surface area (Å²) in [4.78, 5) is 10.0. The first kappa shape index (κ1) is 14.0. The van der Waals surface area contributed by atoms with Gasteiger partial charge in [-0.3, -0.25) is 10.1 Å². The van der Waals surface area contributed by atoms with Gasteiger partial charge in [-0.05, 0) is 13.0 Å². The minimum Gasteiger partial charge on any atom is -0.258 e. The van der Waals surface area contributed by atoms with E-state index in [1.54, 1.807) is 0 Å². The summed E-state index contributed by atoms with van der Waals surface area (Å²) in [5.41, 5.74) is -0.189. The van der Waals surface area contributed by atoms with Crippen LogP contribution in [-0.2, 0) is 16.6 Å². The molecule has 0 spiro atoms. The number of nitrogens with zero attached hydrogens (tertiary/aromatic N) is 4. The van der Waals surface area contributed by atoms with Crippen LogP contribution in [0.5, 0.6) is 0 Å². The molecule has 0 aliphatic carbocycles. The molecule has 106 valence electrons. The second-order valence-electron chi connectivity index (χ2n) is 3.81. The van der Waals surface area contributed by atoms with Gasteiger partial charge in [-0.15, -0.1) is 10.2 Å². The summed E-state index contributed by atoms with van der Waals surface area (Å²) in [6.45, 7) is 1.21. The highest BCUT2D eigenvalue weighted by atomic mass is 32.2. The van der Waals surface area contributed by atoms with Gasteiger partial charge in [0.1, 0.15) is 0 Å². The molecular weight excluding hydrogens is 288 g/mol. The summed E-state index contributed by atoms with van der Waals surface area (Å²) in [7, 11) is -3.90. The predicted octanol–water partition coefficient (Wildman–Crippen LogP) is -0.105. The number of nitro groups is 1. The Bertz CT molecular complexity index is 727. The molecule has 10 nitrogen and oxygen atoms in total. The van der Waals surface area contributed by atoms with E-state index in [0.29, 0.717) is 0 Å². The van der Waals surface area contributed by atoms with Crippen molar-refractivity contribution >= 4 is 15.7 Å². The Labute approximate surface area is 113 Å². The number of tetrazole rings is 1. The van der Waals surface area contributed by atoms with Crippen LogP contribution in [0.2, 0.25) is 0 Å². The SMILES string of the molecule is Cc1c([N+](=O)[O-])cccc1S(=O)(=O)NCc1nn[nH]n1. The summed E-state index contributed by atoms with van der Waals surface area (Å²) in [6.07, 6.45) is 0. The van der Waals surface area contributed by atoms with Gasteiger partial charge < -0.3 is 0 Å². The van der Waals surface area contributed by atoms with Crippen molar-refractivity contribution in [3.63, 3.8) is 0 Å². The van der Waals surface area contributed by atoms with Crippen molar-refractivity contribution in [3.05, 3.63) is 39.7 Å². The van der Waals surface area contributed by atoms with Crippen LogP contribution in [0, 0.1) is 17.0 Å². The standard InChI is InChI=1S/C9H10N6O4S/c1-6-7(15(16)17)3-2-4-8(6)20(18,19)10-5-9-11-13-14-12-9/h2-4,10H,5H2,1H3,(H,11,12,13,14). The third-order valence-corrected chi connectivity index (χ3v) is 4.10. The van der Waals surface area contributed by atoms with Crippen molar-refractivity contribution < 1.29 is 13.3 Å². The zero-order valence-electron chi connectivity index (χ0n) is 10.3. The average molecular weight is 298 g/mol. The van der Waals surface area contributed by atoms with Gasteiger partial charge in [0.2, 0.25) is 10.0 Å². The number of benzene rings is 1. The molecular formula is C9H10N6O4S. The lowest BCUT2D eigenvalue weighted by atomic mass is 10.2. The van der Waals surface area contributed by atoms with E-state index in [0.717, 1.165) is 0 Å². The van der Waals surface area contributed by atoms with Gasteiger partial charge in [0.05, 0.1) is 16.4 Å². The fraction of sp³-hybridized carbons (Fsp3) is 0.222. The largest absolute Gasteiger partial charge is 0.273 e. The minimum atomic E-state index is -3.90. The third-order valence-electron chi connectivity index (χ3n) is 2.55. The molecule has 0 aliphatic heterocycles. The van der Waals surface area contributed by atoms with Crippen LogP contribution >= 0.6 is 0 Å². The van der Waals surface area contributed by atoms with Gasteiger partial charge in [-0.2, -0.15) is 5.21 Å². The highest BCUT2D eigenvalue weighted by Gasteiger charge is 2.22. The predicted molar refractivity (Wildman–Crippen MR) is 66.0 cm³/mol. The number of rotatable bonds is 5. The number of nitro benzene ring substituents is 1. The molecule has 2 rings (SSSR count). The summed E-state index contributed by atoms with van der Waals surface area (Å²) in [5.74, 6) is 0.164. The Balaban J connectivity index is 2.30. The van der Waals surface area contributed by atoms with Gasteiger partial charge in [-0.25, -0.2) is 13.1 Å². The van der Waals surface area contributed by atoms with E-state index in [1.807, 2.05) is 0 Å². The van der Waals surface area contributed by atoms with Gasteiger partial charge in [0.15, 0.2) is 5.82 Å². The van der Waals surface area contributed by atoms with E-state index in [4.69, 9.17) is 0 Å². The van der Waals surface area contributed by atoms with E-state index in [2.05, 4.69) is 25.3 Å². The summed E-state index contributed by atoms with van der Waals surface area (Å²) >= 11 is 0. The fourth-order valence-electron chi connectivity index (χ4n) is 1.59. The zero-order chi connectivity index (χ0) is 14.8. The number of nitrogens with one attached hydrogen (secondary N) is 2. The van der Waals surface area contributed by atoms with Crippen molar-refractivity contribution in [2.45, 2.75) is 18.4 Å². The molecule has 0 saturated carbocycles. The van der Waals surface area contributed by atoms with Gasteiger partial charge >= 0.3 is 0 Å². The van der Waals surface area contributed by atoms with E-state index < -0.39 is 14.9 Å². The highest BCUT2D eigenvalue weighted by Crippen LogP contribution is 2.24. The van der Waals surface area contributed by atoms with E-state index in [1.165, 1.54) is 25.1 Å². The molecule has 0 aliphatic rings. The lowest BCUT2D eigenvalue weighted by Crippen LogP contribution is -2.24. The fourth-order valence-corrected chi connectivity index (χ4v) is 2.83. The van der Waals surface area contributed by atoms with E-state index in [9.17, 15) is 18.5 Å². The first-order valence-corrected chi connectivity index (χ1v) is 6.86. The van der Waals surface area contributed by atoms with Crippen molar-refractivity contribution in [2.24, 2.45) is 0 Å². The van der Waals surface area contributed by atoms with Crippen LogP contribution < -0.4 is 4.72 Å². The summed E-state index contributed by atoms with van der Waals surface area (Å²) in [6, 6.07) is 3.85. The normalized spacial score (nSPS) is 11.4. The Kier molecular flexibility index (Phi) is 3.72. The summed E-state index contributed by atoms with van der Waals surface area (Å²) in [5, 5.41) is 23.5. The van der Waals surface area contributed by atoms with Gasteiger partial charge in [0, 0.05) is 11.6 Å². The quantitative estimate of drug-likeness (QED) is 0.579. The topological polar surface area (TPSA) is 144 Å². The molecule has 11 heteroatoms. The molecule has 0 saturated heterocycles. The molecule has 0 radical (unpaired) electrons. The zero-order valence-corrected chi connectivity index (χ0v) is 11.1. The summed E-state index contributed by atoms with van der Waals surface area (Å²) < 4.78 is 26.5. The molecule has 2 aromatic rings. The minimum absolute atomic E-state index is 0.0677. The lowest BCUT2D eigenvalue weighted by molar-refractivity contribution is -0.385. The molecule has 1 aromatic heterocycles. The first-order valence-electron chi connectivity index (χ1n) is 5.38. The number of aromatic amines is 1. The van der Waals surface area contributed by atoms with E-state index in [-0.39, 0.29) is 28.5 Å². The monoisotopic (exact) mass is 298 g/mol. The molecule has 1 aromatic carbocycles. The number of H-pyrrole nitrogens is 1. The van der Waals surface area contributed by atoms with Crippen molar-refractivity contribution in [3.8, 4) is 0 Å². The molecule has 20 heavy (non-hydrogen) atoms. The van der Waals surface area contributed by atoms with Crippen LogP contribution in [0.25, 0.3) is 0 Å². The maximum atomic E-state index is 12.1. The van der Waals surface area contributed by atoms with Crippen molar-refractivity contribution in [1.82, 2.24) is 25.3 Å². The Morgan fingerprint density at radius 2 is 2.20 bits per heavy atom. The van der Waals surface area contributed by atoms with Crippen molar-refractivity contribution in [1.29, 1.82) is 0 Å². The van der Waals surface area contributed by atoms with E-state index >= 15 is 0 Å². The molecule has 0 fully saturated rings. The van der Waals surface area contributed by atoms with Crippen LogP contribution in [0.4, 0.5) is 5.69 Å².